The predicted octanol–water partition coefficient (Wildman–Crippen LogP) is 3.70. The van der Waals surface area contributed by atoms with E-state index in [4.69, 9.17) is 4.98 Å². The normalized spacial score (nSPS) is 15.7. The van der Waals surface area contributed by atoms with Crippen LogP contribution in [0.2, 0.25) is 0 Å². The molecule has 0 unspecified atom stereocenters. The van der Waals surface area contributed by atoms with Gasteiger partial charge in [0.1, 0.15) is 5.82 Å². The molecule has 2 rings (SSSR count). The van der Waals surface area contributed by atoms with E-state index in [1.165, 1.54) is 24.1 Å². The number of pyridine rings is 1. The lowest BCUT2D eigenvalue weighted by atomic mass is 9.90. The lowest BCUT2D eigenvalue weighted by molar-refractivity contribution is 0.547. The third-order valence-corrected chi connectivity index (χ3v) is 3.46. The average Bonchev–Trinajstić information content (AvgIpc) is 3.11. The van der Waals surface area contributed by atoms with Gasteiger partial charge in [-0.2, -0.15) is 0 Å². The fraction of sp³-hybridized carbons (Fsp3) is 0.706. The molecule has 20 heavy (non-hydrogen) atoms. The number of nitrogens with zero attached hydrogens (tertiary/aromatic N) is 1. The van der Waals surface area contributed by atoms with Crippen molar-refractivity contribution in [3.63, 3.8) is 0 Å². The van der Waals surface area contributed by atoms with Crippen molar-refractivity contribution in [2.24, 2.45) is 5.92 Å². The molecule has 1 aliphatic carbocycles. The van der Waals surface area contributed by atoms with Crippen LogP contribution in [0.15, 0.2) is 12.1 Å². The van der Waals surface area contributed by atoms with Gasteiger partial charge in [-0.05, 0) is 43.0 Å². The Morgan fingerprint density at radius 2 is 1.95 bits per heavy atom. The number of hydrogen-bond donors (Lipinski definition) is 2. The molecule has 0 atom stereocenters. The van der Waals surface area contributed by atoms with E-state index in [9.17, 15) is 0 Å². The van der Waals surface area contributed by atoms with E-state index < -0.39 is 0 Å². The van der Waals surface area contributed by atoms with Crippen LogP contribution >= 0.6 is 0 Å². The first-order valence-electron chi connectivity index (χ1n) is 7.83. The number of anilines is 1. The highest BCUT2D eigenvalue weighted by Gasteiger charge is 2.23. The van der Waals surface area contributed by atoms with Crippen LogP contribution in [0, 0.1) is 5.92 Å². The Balaban J connectivity index is 2.11. The van der Waals surface area contributed by atoms with Crippen molar-refractivity contribution in [2.75, 3.05) is 11.9 Å². The summed E-state index contributed by atoms with van der Waals surface area (Å²) in [5, 5.41) is 7.05. The molecule has 1 fully saturated rings. The zero-order chi connectivity index (χ0) is 14.8. The van der Waals surface area contributed by atoms with Crippen molar-refractivity contribution in [1.29, 1.82) is 0 Å². The highest BCUT2D eigenvalue weighted by Crippen LogP contribution is 2.27. The highest BCUT2D eigenvalue weighted by molar-refractivity contribution is 5.43. The molecule has 3 heteroatoms. The Labute approximate surface area is 123 Å². The van der Waals surface area contributed by atoms with E-state index in [0.717, 1.165) is 18.9 Å². The summed E-state index contributed by atoms with van der Waals surface area (Å²) < 4.78 is 0. The molecular weight excluding hydrogens is 246 g/mol. The molecule has 1 saturated carbocycles. The van der Waals surface area contributed by atoms with Crippen LogP contribution in [-0.2, 0) is 12.0 Å². The summed E-state index contributed by atoms with van der Waals surface area (Å²) in [5.74, 6) is 1.73. The van der Waals surface area contributed by atoms with Crippen LogP contribution in [0.25, 0.3) is 0 Å². The second-order valence-corrected chi connectivity index (χ2v) is 7.44. The SMILES string of the molecule is CC(C)CNCc1cc(NC2CC2)nc(C(C)(C)C)c1. The molecule has 0 radical (unpaired) electrons. The molecule has 2 N–H and O–H groups in total. The molecule has 112 valence electrons. The Morgan fingerprint density at radius 1 is 1.25 bits per heavy atom. The van der Waals surface area contributed by atoms with Crippen LogP contribution in [0.1, 0.15) is 58.7 Å². The summed E-state index contributed by atoms with van der Waals surface area (Å²) in [6.45, 7) is 13.1. The van der Waals surface area contributed by atoms with Crippen LogP contribution in [0.5, 0.6) is 0 Å². The maximum atomic E-state index is 4.79. The summed E-state index contributed by atoms with van der Waals surface area (Å²) in [5.41, 5.74) is 2.59. The van der Waals surface area contributed by atoms with Gasteiger partial charge in [0.05, 0.1) is 0 Å². The molecule has 0 spiro atoms. The molecule has 1 aromatic rings. The van der Waals surface area contributed by atoms with Gasteiger partial charge in [0, 0.05) is 23.7 Å². The van der Waals surface area contributed by atoms with Gasteiger partial charge in [-0.3, -0.25) is 0 Å². The maximum absolute atomic E-state index is 4.79. The maximum Gasteiger partial charge on any atom is 0.126 e. The zero-order valence-electron chi connectivity index (χ0n) is 13.6. The van der Waals surface area contributed by atoms with Gasteiger partial charge in [0.25, 0.3) is 0 Å². The minimum absolute atomic E-state index is 0.0913. The molecule has 1 heterocycles. The van der Waals surface area contributed by atoms with E-state index in [-0.39, 0.29) is 5.41 Å². The molecule has 0 aromatic carbocycles. The zero-order valence-corrected chi connectivity index (χ0v) is 13.6. The average molecular weight is 275 g/mol. The van der Waals surface area contributed by atoms with Crippen LogP contribution in [-0.4, -0.2) is 17.6 Å². The molecular formula is C17H29N3. The van der Waals surface area contributed by atoms with Gasteiger partial charge in [-0.15, -0.1) is 0 Å². The van der Waals surface area contributed by atoms with Gasteiger partial charge in [0.2, 0.25) is 0 Å². The fourth-order valence-electron chi connectivity index (χ4n) is 2.09. The molecule has 1 aliphatic rings. The molecule has 3 nitrogen and oxygen atoms in total. The van der Waals surface area contributed by atoms with E-state index in [2.05, 4.69) is 57.4 Å². The standard InChI is InChI=1S/C17H29N3/c1-12(2)10-18-11-13-8-15(17(3,4)5)20-16(9-13)19-14-6-7-14/h8-9,12,14,18H,6-7,10-11H2,1-5H3,(H,19,20). The van der Waals surface area contributed by atoms with Crippen molar-refractivity contribution >= 4 is 5.82 Å². The molecule has 0 bridgehead atoms. The number of rotatable bonds is 6. The second kappa shape index (κ2) is 6.13. The quantitative estimate of drug-likeness (QED) is 0.831. The lowest BCUT2D eigenvalue weighted by Gasteiger charge is -2.20. The van der Waals surface area contributed by atoms with Gasteiger partial charge in [0.15, 0.2) is 0 Å². The summed E-state index contributed by atoms with van der Waals surface area (Å²) in [6.07, 6.45) is 2.56. The number of nitrogens with one attached hydrogen (secondary N) is 2. The molecule has 0 saturated heterocycles. The van der Waals surface area contributed by atoms with Crippen molar-refractivity contribution in [2.45, 2.75) is 65.5 Å². The topological polar surface area (TPSA) is 37.0 Å². The van der Waals surface area contributed by atoms with Crippen molar-refractivity contribution in [3.05, 3.63) is 23.4 Å². The second-order valence-electron chi connectivity index (χ2n) is 7.44. The van der Waals surface area contributed by atoms with Gasteiger partial charge in [-0.25, -0.2) is 4.98 Å². The Kier molecular flexibility index (Phi) is 4.69. The minimum Gasteiger partial charge on any atom is -0.367 e. The third-order valence-electron chi connectivity index (χ3n) is 3.46. The van der Waals surface area contributed by atoms with Crippen molar-refractivity contribution < 1.29 is 0 Å². The Bertz CT molecular complexity index is 442. The van der Waals surface area contributed by atoms with Crippen LogP contribution in [0.4, 0.5) is 5.82 Å². The fourth-order valence-corrected chi connectivity index (χ4v) is 2.09. The Hall–Kier alpha value is -1.09. The first-order valence-corrected chi connectivity index (χ1v) is 7.83. The van der Waals surface area contributed by atoms with Crippen molar-refractivity contribution in [3.8, 4) is 0 Å². The monoisotopic (exact) mass is 275 g/mol. The van der Waals surface area contributed by atoms with Crippen LogP contribution < -0.4 is 10.6 Å². The van der Waals surface area contributed by atoms with E-state index >= 15 is 0 Å². The van der Waals surface area contributed by atoms with E-state index in [1.54, 1.807) is 0 Å². The van der Waals surface area contributed by atoms with Gasteiger partial charge >= 0.3 is 0 Å². The predicted molar refractivity (Wildman–Crippen MR) is 86.1 cm³/mol. The first-order chi connectivity index (χ1) is 9.34. The van der Waals surface area contributed by atoms with Gasteiger partial charge in [-0.1, -0.05) is 34.6 Å². The summed E-state index contributed by atoms with van der Waals surface area (Å²) in [6, 6.07) is 5.08. The highest BCUT2D eigenvalue weighted by atomic mass is 15.0. The summed E-state index contributed by atoms with van der Waals surface area (Å²) in [7, 11) is 0. The first kappa shape index (κ1) is 15.3. The van der Waals surface area contributed by atoms with E-state index in [1.807, 2.05) is 0 Å². The summed E-state index contributed by atoms with van der Waals surface area (Å²) in [4.78, 5) is 4.79. The lowest BCUT2D eigenvalue weighted by Crippen LogP contribution is -2.21. The Morgan fingerprint density at radius 3 is 2.50 bits per heavy atom. The van der Waals surface area contributed by atoms with Gasteiger partial charge < -0.3 is 10.6 Å². The third kappa shape index (κ3) is 4.78. The number of aromatic nitrogens is 1. The van der Waals surface area contributed by atoms with Crippen molar-refractivity contribution in [1.82, 2.24) is 10.3 Å². The van der Waals surface area contributed by atoms with Crippen LogP contribution in [0.3, 0.4) is 0 Å². The van der Waals surface area contributed by atoms with E-state index in [0.29, 0.717) is 12.0 Å². The molecule has 0 amide bonds. The smallest absolute Gasteiger partial charge is 0.126 e. The summed E-state index contributed by atoms with van der Waals surface area (Å²) >= 11 is 0. The number of hydrogen-bond acceptors (Lipinski definition) is 3. The molecule has 0 aliphatic heterocycles. The minimum atomic E-state index is 0.0913. The largest absolute Gasteiger partial charge is 0.367 e. The molecule has 1 aromatic heterocycles.